The lowest BCUT2D eigenvalue weighted by molar-refractivity contribution is -0.176. The van der Waals surface area contributed by atoms with Crippen LogP contribution in [0.3, 0.4) is 0 Å². The number of rotatable bonds is 7. The van der Waals surface area contributed by atoms with Crippen LogP contribution >= 0.6 is 0 Å². The normalized spacial score (nSPS) is 43.9. The monoisotopic (exact) mass is 755 g/mol. The third-order valence-corrected chi connectivity index (χ3v) is 18.0. The van der Waals surface area contributed by atoms with E-state index in [-0.39, 0.29) is 41.1 Å². The van der Waals surface area contributed by atoms with Gasteiger partial charge in [-0.05, 0) is 159 Å². The van der Waals surface area contributed by atoms with Crippen LogP contribution in [-0.4, -0.2) is 51.8 Å². The van der Waals surface area contributed by atoms with Gasteiger partial charge >= 0.3 is 6.09 Å². The van der Waals surface area contributed by atoms with Crippen LogP contribution in [0, 0.1) is 56.7 Å². The van der Waals surface area contributed by atoms with Gasteiger partial charge in [-0.1, -0.05) is 62.4 Å². The largest absolute Gasteiger partial charge is 0.461 e. The van der Waals surface area contributed by atoms with Crippen molar-refractivity contribution >= 4 is 22.6 Å². The molecule has 2 aromatic carbocycles. The topological polar surface area (TPSA) is 100 Å². The van der Waals surface area contributed by atoms with Gasteiger partial charge in [0.25, 0.3) is 0 Å². The molecule has 0 radical (unpaired) electrons. The number of aliphatic hydroxyl groups is 2. The lowest BCUT2D eigenvalue weighted by atomic mass is 9.32. The average Bonchev–Trinajstić information content (AvgIpc) is 3.80. The van der Waals surface area contributed by atoms with E-state index in [0.717, 1.165) is 85.5 Å². The minimum absolute atomic E-state index is 0.0138. The molecule has 1 amide bonds. The van der Waals surface area contributed by atoms with E-state index in [1.165, 1.54) is 19.3 Å². The van der Waals surface area contributed by atoms with Crippen LogP contribution in [0.5, 0.6) is 5.75 Å². The Morgan fingerprint density at radius 3 is 2.23 bits per heavy atom. The fourth-order valence-electron chi connectivity index (χ4n) is 15.9. The number of carbonyl (C=O) groups is 2. The summed E-state index contributed by atoms with van der Waals surface area (Å²) in [5, 5.41) is 26.6. The minimum atomic E-state index is -1.18. The molecule has 2 N–H and O–H groups in total. The molecule has 1 heterocycles. The zero-order valence-electron chi connectivity index (χ0n) is 33.1. The van der Waals surface area contributed by atoms with Crippen molar-refractivity contribution in [1.82, 2.24) is 4.90 Å². The summed E-state index contributed by atoms with van der Waals surface area (Å²) in [6.45, 7) is 5.51. The molecule has 294 valence electrons. The van der Waals surface area contributed by atoms with Crippen molar-refractivity contribution in [2.24, 2.45) is 56.7 Å². The van der Waals surface area contributed by atoms with Crippen LogP contribution < -0.4 is 4.74 Å². The quantitative estimate of drug-likeness (QED) is 0.184. The van der Waals surface area contributed by atoms with Gasteiger partial charge in [0.05, 0.1) is 24.5 Å². The highest BCUT2D eigenvalue weighted by molar-refractivity contribution is 6.08. The Bertz CT molecular complexity index is 2140. The molecule has 10 aliphatic rings. The van der Waals surface area contributed by atoms with Gasteiger partial charge in [-0.2, -0.15) is 0 Å². The first-order chi connectivity index (χ1) is 26.9. The SMILES string of the molecule is C[C@]12CC[C@H]3[C@]4(C=C[C@@]5(C=C4C(=O)c4ccco4)CC(O)CC[C@]35C)[C@@H]1CC[C@@]2(O)CN(CC12CC3CC(CC(C3)C1)C2)C(=O)Oc1ccc2ccccc2c1. The number of aliphatic hydroxyl groups excluding tert-OH is 1. The summed E-state index contributed by atoms with van der Waals surface area (Å²) in [7, 11) is 0. The predicted molar refractivity (Wildman–Crippen MR) is 214 cm³/mol. The molecule has 1 unspecified atom stereocenters. The molecular weight excluding hydrogens is 699 g/mol. The summed E-state index contributed by atoms with van der Waals surface area (Å²) >= 11 is 0. The number of carbonyl (C=O) groups excluding carboxylic acids is 2. The third kappa shape index (κ3) is 4.82. The number of nitrogens with zero attached hydrogens (tertiary/aromatic N) is 1. The average molecular weight is 756 g/mol. The summed E-state index contributed by atoms with van der Waals surface area (Å²) in [5.74, 6) is 3.18. The smallest absolute Gasteiger partial charge is 0.415 e. The van der Waals surface area contributed by atoms with Gasteiger partial charge in [-0.15, -0.1) is 0 Å². The lowest BCUT2D eigenvalue weighted by Crippen LogP contribution is -2.67. The van der Waals surface area contributed by atoms with Crippen LogP contribution in [0.2, 0.25) is 0 Å². The van der Waals surface area contributed by atoms with Crippen molar-refractivity contribution < 1.29 is 29.0 Å². The second-order valence-electron chi connectivity index (χ2n) is 20.8. The Morgan fingerprint density at radius 1 is 0.804 bits per heavy atom. The van der Waals surface area contributed by atoms with Crippen LogP contribution in [0.25, 0.3) is 10.8 Å². The maximum absolute atomic E-state index is 14.7. The fraction of sp³-hybridized carbons (Fsp3) is 0.592. The zero-order chi connectivity index (χ0) is 38.3. The van der Waals surface area contributed by atoms with E-state index >= 15 is 0 Å². The highest BCUT2D eigenvalue weighted by Gasteiger charge is 2.75. The second-order valence-corrected chi connectivity index (χ2v) is 20.8. The third-order valence-electron chi connectivity index (χ3n) is 18.0. The van der Waals surface area contributed by atoms with Crippen LogP contribution in [0.4, 0.5) is 4.79 Å². The Hall–Kier alpha value is -3.68. The van der Waals surface area contributed by atoms with E-state index in [0.29, 0.717) is 30.9 Å². The van der Waals surface area contributed by atoms with E-state index in [4.69, 9.17) is 9.15 Å². The minimum Gasteiger partial charge on any atom is -0.461 e. The standard InChI is InChI=1S/C49H57NO6/c1-44-14-11-36(51)27-47(44)17-18-49(38(28-47)42(52)39-8-5-19-55-39)40(44)12-15-45(2)41(49)13-16-48(45,54)30-50(29-46-24-31-20-32(25-46)22-33(21-31)26-46)43(53)56-37-10-9-34-6-3-4-7-35(34)23-37/h3-10,17-19,23,28,31-33,36,40-41,51,54H,11-16,20-22,24-27,29-30H2,1-2H3/t31?,32?,33?,36?,40-,41-,44-,45+,46?,47+,48-,49-/m1/s1. The number of benzene rings is 2. The predicted octanol–water partition coefficient (Wildman–Crippen LogP) is 9.92. The molecule has 2 spiro atoms. The van der Waals surface area contributed by atoms with Crippen molar-refractivity contribution in [3.63, 3.8) is 0 Å². The van der Waals surface area contributed by atoms with E-state index in [2.05, 4.69) is 38.1 Å². The van der Waals surface area contributed by atoms with Gasteiger partial charge < -0.3 is 24.3 Å². The van der Waals surface area contributed by atoms with Crippen LogP contribution in [-0.2, 0) is 0 Å². The first-order valence-electron chi connectivity index (χ1n) is 21.7. The zero-order valence-corrected chi connectivity index (χ0v) is 33.1. The molecule has 7 saturated carbocycles. The van der Waals surface area contributed by atoms with Gasteiger partial charge in [0.2, 0.25) is 5.78 Å². The van der Waals surface area contributed by atoms with Crippen molar-refractivity contribution in [2.45, 2.75) is 109 Å². The van der Waals surface area contributed by atoms with Gasteiger partial charge in [-0.25, -0.2) is 4.79 Å². The number of fused-ring (bicyclic) bond motifs is 2. The van der Waals surface area contributed by atoms with Gasteiger partial charge in [0, 0.05) is 28.4 Å². The molecule has 0 aliphatic heterocycles. The maximum atomic E-state index is 14.7. The Labute approximate surface area is 330 Å². The molecule has 0 saturated heterocycles. The molecule has 10 aliphatic carbocycles. The Balaban J connectivity index is 0.966. The summed E-state index contributed by atoms with van der Waals surface area (Å²) in [5.41, 5.74) is -2.01. The Kier molecular flexibility index (Phi) is 7.57. The molecule has 7 fully saturated rings. The number of amides is 1. The lowest BCUT2D eigenvalue weighted by Gasteiger charge is -2.71. The molecule has 13 rings (SSSR count). The number of ketones is 1. The summed E-state index contributed by atoms with van der Waals surface area (Å²) in [6.07, 6.45) is 20.4. The van der Waals surface area contributed by atoms with E-state index in [9.17, 15) is 19.8 Å². The summed E-state index contributed by atoms with van der Waals surface area (Å²) < 4.78 is 12.1. The maximum Gasteiger partial charge on any atom is 0.415 e. The van der Waals surface area contributed by atoms with Crippen LogP contribution in [0.1, 0.15) is 108 Å². The van der Waals surface area contributed by atoms with E-state index in [1.54, 1.807) is 18.4 Å². The van der Waals surface area contributed by atoms with Gasteiger partial charge in [0.1, 0.15) is 5.75 Å². The van der Waals surface area contributed by atoms with Crippen molar-refractivity contribution in [3.8, 4) is 5.75 Å². The van der Waals surface area contributed by atoms with Crippen LogP contribution in [0.15, 0.2) is 89.1 Å². The summed E-state index contributed by atoms with van der Waals surface area (Å²) in [6, 6.07) is 17.5. The molecule has 1 aromatic heterocycles. The van der Waals surface area contributed by atoms with Crippen molar-refractivity contribution in [3.05, 3.63) is 90.4 Å². The van der Waals surface area contributed by atoms with Gasteiger partial charge in [-0.3, -0.25) is 4.79 Å². The molecule has 7 nitrogen and oxygen atoms in total. The number of allylic oxidation sites excluding steroid dienone is 4. The highest BCUT2D eigenvalue weighted by Crippen LogP contribution is 2.78. The number of hydrogen-bond donors (Lipinski definition) is 2. The molecule has 7 heteroatoms. The van der Waals surface area contributed by atoms with Crippen molar-refractivity contribution in [1.29, 1.82) is 0 Å². The molecule has 8 atom stereocenters. The van der Waals surface area contributed by atoms with Crippen molar-refractivity contribution in [2.75, 3.05) is 13.1 Å². The second kappa shape index (κ2) is 11.9. The number of ether oxygens (including phenoxy) is 1. The number of furan rings is 1. The highest BCUT2D eigenvalue weighted by atomic mass is 16.6. The molecular formula is C49H57NO6. The fourth-order valence-corrected chi connectivity index (χ4v) is 15.9. The number of hydrogen-bond acceptors (Lipinski definition) is 6. The number of Topliss-reactive ketones (excluding diaryl/α,β-unsaturated/α-hetero) is 1. The summed E-state index contributed by atoms with van der Waals surface area (Å²) in [4.78, 5) is 31.3. The van der Waals surface area contributed by atoms with E-state index < -0.39 is 27.9 Å². The van der Waals surface area contributed by atoms with E-state index in [1.807, 2.05) is 41.3 Å². The molecule has 56 heavy (non-hydrogen) atoms. The molecule has 3 aromatic rings. The molecule has 6 bridgehead atoms. The first-order valence-corrected chi connectivity index (χ1v) is 21.7. The Morgan fingerprint density at radius 2 is 1.50 bits per heavy atom. The van der Waals surface area contributed by atoms with Gasteiger partial charge in [0.15, 0.2) is 5.76 Å². The first kappa shape index (κ1) is 35.5.